The van der Waals surface area contributed by atoms with Gasteiger partial charge in [-0.05, 0) is 17.7 Å². The van der Waals surface area contributed by atoms with Crippen molar-refractivity contribution in [3.8, 4) is 5.75 Å². The van der Waals surface area contributed by atoms with Crippen LogP contribution in [-0.2, 0) is 9.53 Å². The van der Waals surface area contributed by atoms with Gasteiger partial charge in [0.25, 0.3) is 0 Å². The predicted molar refractivity (Wildman–Crippen MR) is 51.3 cm³/mol. The van der Waals surface area contributed by atoms with Gasteiger partial charge in [0.2, 0.25) is 0 Å². The quantitative estimate of drug-likeness (QED) is 0.732. The SMILES string of the molecule is O=C1CCOCC1c1cccc(O)c1. The molecule has 3 nitrogen and oxygen atoms in total. The minimum absolute atomic E-state index is 0.195. The maximum atomic E-state index is 11.5. The highest BCUT2D eigenvalue weighted by Crippen LogP contribution is 2.24. The first-order valence-electron chi connectivity index (χ1n) is 4.67. The summed E-state index contributed by atoms with van der Waals surface area (Å²) in [5.41, 5.74) is 0.842. The first kappa shape index (κ1) is 9.21. The van der Waals surface area contributed by atoms with Gasteiger partial charge >= 0.3 is 0 Å². The Morgan fingerprint density at radius 2 is 2.29 bits per heavy atom. The number of carbonyl (C=O) groups is 1. The topological polar surface area (TPSA) is 46.5 Å². The molecule has 1 aromatic rings. The van der Waals surface area contributed by atoms with Crippen molar-refractivity contribution in [1.82, 2.24) is 0 Å². The van der Waals surface area contributed by atoms with Gasteiger partial charge in [-0.15, -0.1) is 0 Å². The van der Waals surface area contributed by atoms with E-state index in [9.17, 15) is 9.90 Å². The van der Waals surface area contributed by atoms with Crippen LogP contribution < -0.4 is 0 Å². The van der Waals surface area contributed by atoms with Crippen LogP contribution >= 0.6 is 0 Å². The molecule has 1 fully saturated rings. The average molecular weight is 192 g/mol. The van der Waals surface area contributed by atoms with Crippen molar-refractivity contribution in [3.63, 3.8) is 0 Å². The minimum atomic E-state index is -0.198. The molecule has 2 rings (SSSR count). The number of aromatic hydroxyl groups is 1. The van der Waals surface area contributed by atoms with Crippen LogP contribution in [0, 0.1) is 0 Å². The molecule has 1 saturated heterocycles. The molecule has 74 valence electrons. The van der Waals surface area contributed by atoms with Crippen molar-refractivity contribution in [2.24, 2.45) is 0 Å². The molecule has 1 aromatic carbocycles. The fraction of sp³-hybridized carbons (Fsp3) is 0.364. The first-order chi connectivity index (χ1) is 6.77. The lowest BCUT2D eigenvalue weighted by molar-refractivity contribution is -0.126. The van der Waals surface area contributed by atoms with Gasteiger partial charge in [-0.3, -0.25) is 4.79 Å². The summed E-state index contributed by atoms with van der Waals surface area (Å²) in [7, 11) is 0. The Morgan fingerprint density at radius 1 is 1.43 bits per heavy atom. The Labute approximate surface area is 82.3 Å². The molecular formula is C11H12O3. The van der Waals surface area contributed by atoms with Crippen molar-refractivity contribution in [3.05, 3.63) is 29.8 Å². The van der Waals surface area contributed by atoms with Gasteiger partial charge in [-0.25, -0.2) is 0 Å². The normalized spacial score (nSPS) is 22.3. The molecule has 3 heteroatoms. The maximum Gasteiger partial charge on any atom is 0.144 e. The molecule has 1 heterocycles. The zero-order valence-corrected chi connectivity index (χ0v) is 7.77. The third kappa shape index (κ3) is 1.77. The Kier molecular flexibility index (Phi) is 2.50. The molecule has 0 saturated carbocycles. The standard InChI is InChI=1S/C11H12O3/c12-9-3-1-2-8(6-9)10-7-14-5-4-11(10)13/h1-3,6,10,12H,4-5,7H2. The van der Waals surface area contributed by atoms with Crippen LogP contribution in [0.4, 0.5) is 0 Å². The monoisotopic (exact) mass is 192 g/mol. The fourth-order valence-electron chi connectivity index (χ4n) is 1.66. The molecule has 1 aliphatic rings. The number of hydrogen-bond donors (Lipinski definition) is 1. The van der Waals surface area contributed by atoms with Crippen LogP contribution in [0.2, 0.25) is 0 Å². The number of ketones is 1. The van der Waals surface area contributed by atoms with E-state index in [2.05, 4.69) is 0 Å². The summed E-state index contributed by atoms with van der Waals surface area (Å²) in [4.78, 5) is 11.5. The van der Waals surface area contributed by atoms with Gasteiger partial charge in [0.1, 0.15) is 11.5 Å². The second-order valence-corrected chi connectivity index (χ2v) is 3.44. The molecule has 1 N–H and O–H groups in total. The number of phenols is 1. The van der Waals surface area contributed by atoms with Crippen molar-refractivity contribution >= 4 is 5.78 Å². The number of carbonyl (C=O) groups excluding carboxylic acids is 1. The van der Waals surface area contributed by atoms with E-state index in [0.717, 1.165) is 5.56 Å². The van der Waals surface area contributed by atoms with Gasteiger partial charge in [-0.1, -0.05) is 12.1 Å². The third-order valence-electron chi connectivity index (χ3n) is 2.44. The minimum Gasteiger partial charge on any atom is -0.508 e. The summed E-state index contributed by atoms with van der Waals surface area (Å²) in [6, 6.07) is 6.80. The average Bonchev–Trinajstić information content (AvgIpc) is 2.18. The van der Waals surface area contributed by atoms with Crippen LogP contribution in [-0.4, -0.2) is 24.1 Å². The van der Waals surface area contributed by atoms with Crippen LogP contribution in [0.15, 0.2) is 24.3 Å². The largest absolute Gasteiger partial charge is 0.508 e. The van der Waals surface area contributed by atoms with E-state index in [-0.39, 0.29) is 17.5 Å². The lowest BCUT2D eigenvalue weighted by Crippen LogP contribution is -2.25. The zero-order chi connectivity index (χ0) is 9.97. The highest BCUT2D eigenvalue weighted by molar-refractivity contribution is 5.86. The molecule has 0 aliphatic carbocycles. The van der Waals surface area contributed by atoms with Crippen LogP contribution in [0.5, 0.6) is 5.75 Å². The smallest absolute Gasteiger partial charge is 0.144 e. The number of phenolic OH excluding ortho intramolecular Hbond substituents is 1. The van der Waals surface area contributed by atoms with E-state index in [1.54, 1.807) is 18.2 Å². The molecule has 0 radical (unpaired) electrons. The van der Waals surface area contributed by atoms with E-state index >= 15 is 0 Å². The number of Topliss-reactive ketones (excluding diaryl/α,β-unsaturated/α-hetero) is 1. The number of rotatable bonds is 1. The van der Waals surface area contributed by atoms with Gasteiger partial charge in [-0.2, -0.15) is 0 Å². The van der Waals surface area contributed by atoms with Gasteiger partial charge in [0, 0.05) is 6.42 Å². The van der Waals surface area contributed by atoms with Crippen LogP contribution in [0.1, 0.15) is 17.9 Å². The predicted octanol–water partition coefficient (Wildman–Crippen LogP) is 1.47. The summed E-state index contributed by atoms with van der Waals surface area (Å²) in [6.45, 7) is 0.955. The van der Waals surface area contributed by atoms with Gasteiger partial charge in [0.05, 0.1) is 19.1 Å². The van der Waals surface area contributed by atoms with Crippen LogP contribution in [0.25, 0.3) is 0 Å². The molecule has 0 bridgehead atoms. The van der Waals surface area contributed by atoms with E-state index in [4.69, 9.17) is 4.74 Å². The zero-order valence-electron chi connectivity index (χ0n) is 7.77. The molecule has 0 amide bonds. The number of ether oxygens (including phenoxy) is 1. The second-order valence-electron chi connectivity index (χ2n) is 3.44. The molecular weight excluding hydrogens is 180 g/mol. The maximum absolute atomic E-state index is 11.5. The lowest BCUT2D eigenvalue weighted by Gasteiger charge is -2.21. The highest BCUT2D eigenvalue weighted by Gasteiger charge is 2.24. The highest BCUT2D eigenvalue weighted by atomic mass is 16.5. The fourth-order valence-corrected chi connectivity index (χ4v) is 1.66. The summed E-state index contributed by atoms with van der Waals surface area (Å²) in [5.74, 6) is 0.193. The van der Waals surface area contributed by atoms with Crippen molar-refractivity contribution < 1.29 is 14.6 Å². The molecule has 0 aromatic heterocycles. The van der Waals surface area contributed by atoms with Crippen molar-refractivity contribution in [1.29, 1.82) is 0 Å². The Morgan fingerprint density at radius 3 is 3.00 bits per heavy atom. The summed E-state index contributed by atoms with van der Waals surface area (Å²) >= 11 is 0. The number of hydrogen-bond acceptors (Lipinski definition) is 3. The van der Waals surface area contributed by atoms with Gasteiger partial charge < -0.3 is 9.84 Å². The number of benzene rings is 1. The van der Waals surface area contributed by atoms with E-state index in [1.165, 1.54) is 0 Å². The Bertz CT molecular complexity index is 346. The lowest BCUT2D eigenvalue weighted by atomic mass is 9.92. The Hall–Kier alpha value is -1.35. The summed E-state index contributed by atoms with van der Waals surface area (Å²) < 4.78 is 5.24. The van der Waals surface area contributed by atoms with Crippen molar-refractivity contribution in [2.75, 3.05) is 13.2 Å². The molecule has 1 atom stereocenters. The van der Waals surface area contributed by atoms with E-state index in [1.807, 2.05) is 6.07 Å². The Balaban J connectivity index is 2.24. The molecule has 14 heavy (non-hydrogen) atoms. The molecule has 0 spiro atoms. The van der Waals surface area contributed by atoms with Gasteiger partial charge in [0.15, 0.2) is 0 Å². The van der Waals surface area contributed by atoms with E-state index < -0.39 is 0 Å². The van der Waals surface area contributed by atoms with Crippen molar-refractivity contribution in [2.45, 2.75) is 12.3 Å². The summed E-state index contributed by atoms with van der Waals surface area (Å²) in [5, 5.41) is 9.28. The molecule has 1 unspecified atom stereocenters. The van der Waals surface area contributed by atoms with E-state index in [0.29, 0.717) is 19.6 Å². The summed E-state index contributed by atoms with van der Waals surface area (Å²) in [6.07, 6.45) is 0.473. The molecule has 1 aliphatic heterocycles. The first-order valence-corrected chi connectivity index (χ1v) is 4.67. The second kappa shape index (κ2) is 3.80. The third-order valence-corrected chi connectivity index (χ3v) is 2.44. The van der Waals surface area contributed by atoms with Crippen LogP contribution in [0.3, 0.4) is 0 Å².